The maximum absolute atomic E-state index is 13.3. The fourth-order valence-electron chi connectivity index (χ4n) is 11.0. The molecule has 2 fully saturated rings. The van der Waals surface area contributed by atoms with Crippen LogP contribution in [-0.4, -0.2) is 140 Å². The molecule has 0 radical (unpaired) electrons. The smallest absolute Gasteiger partial charge is 0.220 e. The highest BCUT2D eigenvalue weighted by atomic mass is 16.7. The average Bonchev–Trinajstić information content (AvgIpc) is 3.53. The van der Waals surface area contributed by atoms with Gasteiger partial charge in [-0.2, -0.15) is 0 Å². The van der Waals surface area contributed by atoms with Crippen LogP contribution in [0.25, 0.3) is 0 Å². The summed E-state index contributed by atoms with van der Waals surface area (Å²) in [4.78, 5) is 13.3. The minimum atomic E-state index is -1.79. The van der Waals surface area contributed by atoms with E-state index >= 15 is 0 Å². The number of rotatable bonds is 55. The molecule has 0 spiro atoms. The van der Waals surface area contributed by atoms with Crippen LogP contribution >= 0.6 is 0 Å². The molecule has 0 aromatic carbocycles. The molecule has 82 heavy (non-hydrogen) atoms. The Balaban J connectivity index is 1.68. The van der Waals surface area contributed by atoms with E-state index < -0.39 is 86.8 Å². The summed E-state index contributed by atoms with van der Waals surface area (Å²) in [6.07, 6.45) is 51.9. The van der Waals surface area contributed by atoms with E-state index in [-0.39, 0.29) is 18.9 Å². The Labute approximate surface area is 499 Å². The van der Waals surface area contributed by atoms with Gasteiger partial charge in [0.15, 0.2) is 12.6 Å². The van der Waals surface area contributed by atoms with Crippen molar-refractivity contribution >= 4 is 5.91 Å². The molecule has 0 aliphatic carbocycles. The number of allylic oxidation sites excluding steroid dienone is 7. The van der Waals surface area contributed by atoms with Gasteiger partial charge in [0, 0.05) is 6.42 Å². The van der Waals surface area contributed by atoms with Gasteiger partial charge >= 0.3 is 0 Å². The highest BCUT2D eigenvalue weighted by molar-refractivity contribution is 5.76. The van der Waals surface area contributed by atoms with Crippen molar-refractivity contribution in [1.82, 2.24) is 5.32 Å². The van der Waals surface area contributed by atoms with E-state index in [1.165, 1.54) is 186 Å². The largest absolute Gasteiger partial charge is 0.394 e. The first kappa shape index (κ1) is 76.0. The second-order valence-electron chi connectivity index (χ2n) is 23.9. The lowest BCUT2D eigenvalue weighted by Gasteiger charge is -2.46. The molecule has 14 nitrogen and oxygen atoms in total. The van der Waals surface area contributed by atoms with Crippen molar-refractivity contribution < 1.29 is 64.6 Å². The first-order valence-electron chi connectivity index (χ1n) is 33.9. The minimum Gasteiger partial charge on any atom is -0.394 e. The summed E-state index contributed by atoms with van der Waals surface area (Å²) in [5, 5.41) is 87.2. The van der Waals surface area contributed by atoms with Crippen LogP contribution in [0.3, 0.4) is 0 Å². The van der Waals surface area contributed by atoms with E-state index in [1.807, 2.05) is 6.08 Å². The quantitative estimate of drug-likeness (QED) is 0.0204. The van der Waals surface area contributed by atoms with Gasteiger partial charge in [-0.3, -0.25) is 4.79 Å². The van der Waals surface area contributed by atoms with Gasteiger partial charge in [-0.15, -0.1) is 0 Å². The molecule has 9 N–H and O–H groups in total. The van der Waals surface area contributed by atoms with Crippen molar-refractivity contribution in [2.24, 2.45) is 0 Å². The summed E-state index contributed by atoms with van der Waals surface area (Å²) in [7, 11) is 0. The summed E-state index contributed by atoms with van der Waals surface area (Å²) in [6.45, 7) is 2.78. The van der Waals surface area contributed by atoms with Gasteiger partial charge < -0.3 is 65.1 Å². The first-order chi connectivity index (χ1) is 40.1. The number of aliphatic hydroxyl groups excluding tert-OH is 8. The van der Waals surface area contributed by atoms with Crippen LogP contribution in [0.5, 0.6) is 0 Å². The molecule has 2 heterocycles. The molecule has 12 unspecified atom stereocenters. The van der Waals surface area contributed by atoms with Gasteiger partial charge in [-0.25, -0.2) is 0 Å². The van der Waals surface area contributed by atoms with Gasteiger partial charge in [-0.1, -0.05) is 255 Å². The van der Waals surface area contributed by atoms with Gasteiger partial charge in [0.2, 0.25) is 5.91 Å². The number of hydrogen-bond donors (Lipinski definition) is 9. The zero-order valence-corrected chi connectivity index (χ0v) is 52.0. The summed E-state index contributed by atoms with van der Waals surface area (Å²) in [6, 6.07) is -0.943. The first-order valence-corrected chi connectivity index (χ1v) is 33.9. The van der Waals surface area contributed by atoms with Crippen LogP contribution in [-0.2, 0) is 23.7 Å². The molecule has 480 valence electrons. The Morgan fingerprint density at radius 1 is 0.427 bits per heavy atom. The van der Waals surface area contributed by atoms with E-state index in [0.717, 1.165) is 64.2 Å². The predicted molar refractivity (Wildman–Crippen MR) is 332 cm³/mol. The van der Waals surface area contributed by atoms with Crippen molar-refractivity contribution in [3.05, 3.63) is 48.6 Å². The molecular weight excluding hydrogens is 1040 g/mol. The Hall–Kier alpha value is -2.05. The molecule has 2 rings (SSSR count). The second-order valence-corrected chi connectivity index (χ2v) is 23.9. The van der Waals surface area contributed by atoms with Crippen LogP contribution in [0.4, 0.5) is 0 Å². The van der Waals surface area contributed by atoms with Crippen molar-refractivity contribution in [1.29, 1.82) is 0 Å². The molecular formula is C68H125NO13. The van der Waals surface area contributed by atoms with E-state index in [2.05, 4.69) is 55.6 Å². The number of nitrogens with one attached hydrogen (secondary N) is 1. The molecule has 1 amide bonds. The molecule has 2 aliphatic rings. The van der Waals surface area contributed by atoms with Gasteiger partial charge in [0.05, 0.1) is 32.0 Å². The number of ether oxygens (including phenoxy) is 4. The van der Waals surface area contributed by atoms with Crippen LogP contribution in [0, 0.1) is 0 Å². The monoisotopic (exact) mass is 1160 g/mol. The van der Waals surface area contributed by atoms with E-state index in [9.17, 15) is 45.6 Å². The number of hydrogen-bond acceptors (Lipinski definition) is 13. The summed E-state index contributed by atoms with van der Waals surface area (Å²) in [5.41, 5.74) is 0. The normalized spacial score (nSPS) is 24.2. The Morgan fingerprint density at radius 3 is 1.20 bits per heavy atom. The van der Waals surface area contributed by atoms with Crippen molar-refractivity contribution in [3.8, 4) is 0 Å². The number of carbonyl (C=O) groups excluding carboxylic acids is 1. The average molecular weight is 1160 g/mol. The highest BCUT2D eigenvalue weighted by Gasteiger charge is 2.51. The zero-order chi connectivity index (χ0) is 59.5. The maximum atomic E-state index is 13.3. The molecule has 2 aliphatic heterocycles. The van der Waals surface area contributed by atoms with Gasteiger partial charge in [0.25, 0.3) is 0 Å². The van der Waals surface area contributed by atoms with E-state index in [4.69, 9.17) is 18.9 Å². The fraction of sp³-hybridized carbons (Fsp3) is 0.868. The summed E-state index contributed by atoms with van der Waals surface area (Å²) in [5.74, 6) is -0.261. The Morgan fingerprint density at radius 2 is 0.780 bits per heavy atom. The predicted octanol–water partition coefficient (Wildman–Crippen LogP) is 13.1. The van der Waals surface area contributed by atoms with Crippen LogP contribution in [0.15, 0.2) is 48.6 Å². The molecule has 14 heteroatoms. The molecule has 0 bridgehead atoms. The lowest BCUT2D eigenvalue weighted by atomic mass is 9.97. The maximum Gasteiger partial charge on any atom is 0.220 e. The number of carbonyl (C=O) groups is 1. The lowest BCUT2D eigenvalue weighted by molar-refractivity contribution is -0.359. The zero-order valence-electron chi connectivity index (χ0n) is 52.0. The lowest BCUT2D eigenvalue weighted by Crippen LogP contribution is -2.65. The number of unbranched alkanes of at least 4 members (excludes halogenated alkanes) is 36. The topological polar surface area (TPSA) is 228 Å². The van der Waals surface area contributed by atoms with Gasteiger partial charge in [-0.05, 0) is 70.6 Å². The molecule has 0 aromatic heterocycles. The summed E-state index contributed by atoms with van der Waals surface area (Å²) >= 11 is 0. The van der Waals surface area contributed by atoms with Crippen molar-refractivity contribution in [2.75, 3.05) is 19.8 Å². The van der Waals surface area contributed by atoms with Crippen molar-refractivity contribution in [3.63, 3.8) is 0 Å². The van der Waals surface area contributed by atoms with Crippen LogP contribution in [0.1, 0.15) is 284 Å². The standard InChI is InChI=1S/C68H125NO13/c1-3-5-7-9-11-13-15-17-19-20-21-22-23-24-25-26-27-28-29-30-31-32-33-34-35-36-38-39-41-43-45-47-49-51-57(72)56(69-60(73)52-50-48-46-44-42-40-37-18-16-14-12-10-8-6-4-2)55-79-67-65(78)63(76)66(59(54-71)81-67)82-68-64(77)62(75)61(74)58(53-70)80-68/h18,35-37,41,43,49,51,56-59,61-68,70-72,74-78H,3-17,19-34,38-40,42,44-48,50,52-55H2,1-2H3,(H,69,73)/b36-35+,37-18-,43-41+,51-49+. The SMILES string of the molecule is CCCCCCCC/C=C\CCCCCCCC(=O)NC(COC1OC(CO)C(OC2OC(CO)C(O)C(O)C2O)C(O)C1O)C(O)/C=C/CC/C=C/CC/C=C/CCCCCCCCCCCCCCCCCCCCCCCCC. The Kier molecular flexibility index (Phi) is 49.3. The third-order valence-electron chi connectivity index (χ3n) is 16.5. The third kappa shape index (κ3) is 37.5. The third-order valence-corrected chi connectivity index (χ3v) is 16.5. The highest BCUT2D eigenvalue weighted by Crippen LogP contribution is 2.30. The van der Waals surface area contributed by atoms with E-state index in [0.29, 0.717) is 12.8 Å². The fourth-order valence-corrected chi connectivity index (χ4v) is 11.0. The summed E-state index contributed by atoms with van der Waals surface area (Å²) < 4.78 is 22.8. The van der Waals surface area contributed by atoms with Gasteiger partial charge in [0.1, 0.15) is 48.8 Å². The minimum absolute atomic E-state index is 0.260. The molecule has 0 aromatic rings. The van der Waals surface area contributed by atoms with Crippen LogP contribution < -0.4 is 5.32 Å². The number of amides is 1. The van der Waals surface area contributed by atoms with Crippen molar-refractivity contribution in [2.45, 2.75) is 357 Å². The van der Waals surface area contributed by atoms with E-state index in [1.54, 1.807) is 6.08 Å². The molecule has 2 saturated heterocycles. The van der Waals surface area contributed by atoms with Crippen LogP contribution in [0.2, 0.25) is 0 Å². The second kappa shape index (κ2) is 53.2. The molecule has 12 atom stereocenters. The molecule has 0 saturated carbocycles. The Bertz CT molecular complexity index is 1560. The number of aliphatic hydroxyl groups is 8.